The highest BCUT2D eigenvalue weighted by Gasteiger charge is 2.47. The molecule has 0 radical (unpaired) electrons. The zero-order valence-corrected chi connectivity index (χ0v) is 41.7. The molecule has 1 aliphatic heterocycles. The molecule has 1 saturated heterocycles. The van der Waals surface area contributed by atoms with Crippen LogP contribution in [0, 0.1) is 0 Å². The molecule has 0 aliphatic carbocycles. The Morgan fingerprint density at radius 3 is 1.59 bits per heavy atom. The van der Waals surface area contributed by atoms with E-state index in [9.17, 15) is 35.1 Å². The van der Waals surface area contributed by atoms with E-state index in [4.69, 9.17) is 14.2 Å². The van der Waals surface area contributed by atoms with Crippen LogP contribution in [0.4, 0.5) is 0 Å². The van der Waals surface area contributed by atoms with Crippen LogP contribution in [0.25, 0.3) is 0 Å². The molecule has 1 heterocycles. The lowest BCUT2D eigenvalue weighted by molar-refractivity contribution is -0.305. The quantitative estimate of drug-likeness (QED) is 0.0151. The Labute approximate surface area is 410 Å². The van der Waals surface area contributed by atoms with Crippen molar-refractivity contribution in [3.63, 3.8) is 0 Å². The maximum Gasteiger partial charge on any atom is 0.306 e. The largest absolute Gasteiger partial charge is 0.454 e. The second-order valence-corrected chi connectivity index (χ2v) is 17.0. The van der Waals surface area contributed by atoms with Gasteiger partial charge in [0.1, 0.15) is 24.4 Å². The fraction of sp³-hybridized carbons (Fsp3) is 0.579. The molecule has 8 atom stereocenters. The van der Waals surface area contributed by atoms with Crippen LogP contribution >= 0.6 is 0 Å². The molecule has 11 heteroatoms. The Morgan fingerprint density at radius 1 is 0.588 bits per heavy atom. The lowest BCUT2D eigenvalue weighted by Gasteiger charge is -2.41. The first-order valence-electron chi connectivity index (χ1n) is 25.6. The monoisotopic (exact) mass is 948 g/mol. The summed E-state index contributed by atoms with van der Waals surface area (Å²) in [4.78, 5) is 26.3. The molecule has 382 valence electrons. The second kappa shape index (κ2) is 44.0. The van der Waals surface area contributed by atoms with Crippen LogP contribution in [-0.4, -0.2) is 99.6 Å². The molecule has 1 fully saturated rings. The summed E-state index contributed by atoms with van der Waals surface area (Å²) in [5.74, 6) is -1.34. The molecule has 0 saturated carbocycles. The zero-order valence-electron chi connectivity index (χ0n) is 41.7. The van der Waals surface area contributed by atoms with E-state index in [1.807, 2.05) is 109 Å². The van der Waals surface area contributed by atoms with Crippen LogP contribution in [0.5, 0.6) is 0 Å². The van der Waals surface area contributed by atoms with Gasteiger partial charge in [0.2, 0.25) is 5.91 Å². The number of aliphatic hydroxyl groups is 5. The topological polar surface area (TPSA) is 175 Å². The Morgan fingerprint density at radius 2 is 1.06 bits per heavy atom. The van der Waals surface area contributed by atoms with Crippen molar-refractivity contribution in [3.8, 4) is 0 Å². The van der Waals surface area contributed by atoms with Crippen LogP contribution in [0.3, 0.4) is 0 Å². The summed E-state index contributed by atoms with van der Waals surface area (Å²) in [6.45, 7) is 5.36. The van der Waals surface area contributed by atoms with Crippen molar-refractivity contribution in [3.05, 3.63) is 134 Å². The molecule has 0 aromatic heterocycles. The highest BCUT2D eigenvalue weighted by atomic mass is 16.7. The number of carbonyl (C=O) groups excluding carboxylic acids is 2. The number of amides is 1. The fourth-order valence-corrected chi connectivity index (χ4v) is 6.99. The number of nitrogens with one attached hydrogen (secondary N) is 1. The molecule has 1 aliphatic rings. The minimum atomic E-state index is -1.65. The number of esters is 1. The number of unbranched alkanes of at least 4 members (excludes halogenated alkanes) is 13. The van der Waals surface area contributed by atoms with Gasteiger partial charge in [-0.1, -0.05) is 219 Å². The van der Waals surface area contributed by atoms with E-state index >= 15 is 0 Å². The summed E-state index contributed by atoms with van der Waals surface area (Å²) in [5.41, 5.74) is 0. The SMILES string of the molecule is CC/C=C/C=C/C=C\C=C/C=C/CCCCCC(=O)OC1C(OCC(NC(=O)C(O)CC/C=C/C=C\C=C/C=C/C=C/CC)C(O)/C=C/CCCCCCCCCCCC)OC(CO)C(O)C1O. The molecule has 0 bridgehead atoms. The number of rotatable bonds is 39. The third kappa shape index (κ3) is 32.5. The molecule has 6 N–H and O–H groups in total. The smallest absolute Gasteiger partial charge is 0.306 e. The third-order valence-electron chi connectivity index (χ3n) is 11.1. The molecular weight excluding hydrogens is 859 g/mol. The summed E-state index contributed by atoms with van der Waals surface area (Å²) < 4.78 is 17.4. The zero-order chi connectivity index (χ0) is 49.7. The summed E-state index contributed by atoms with van der Waals surface area (Å²) in [6, 6.07) is -1.08. The van der Waals surface area contributed by atoms with Gasteiger partial charge in [-0.2, -0.15) is 0 Å². The lowest BCUT2D eigenvalue weighted by Crippen LogP contribution is -2.61. The number of hydrogen-bond acceptors (Lipinski definition) is 10. The van der Waals surface area contributed by atoms with Crippen LogP contribution in [0.15, 0.2) is 134 Å². The Hall–Kier alpha value is -4.20. The molecule has 1 amide bonds. The predicted molar refractivity (Wildman–Crippen MR) is 277 cm³/mol. The first-order chi connectivity index (χ1) is 33.2. The molecular formula is C57H89NO10. The van der Waals surface area contributed by atoms with Gasteiger partial charge in [-0.25, -0.2) is 0 Å². The maximum absolute atomic E-state index is 13.3. The van der Waals surface area contributed by atoms with E-state index in [2.05, 4.69) is 44.3 Å². The van der Waals surface area contributed by atoms with E-state index in [0.29, 0.717) is 12.8 Å². The molecule has 11 nitrogen and oxygen atoms in total. The molecule has 0 spiro atoms. The Balaban J connectivity index is 2.88. The summed E-state index contributed by atoms with van der Waals surface area (Å²) in [6.07, 6.45) is 50.9. The first-order valence-corrected chi connectivity index (χ1v) is 25.6. The molecule has 8 unspecified atom stereocenters. The van der Waals surface area contributed by atoms with Crippen LogP contribution < -0.4 is 5.32 Å². The van der Waals surface area contributed by atoms with Crippen molar-refractivity contribution in [1.82, 2.24) is 5.32 Å². The highest BCUT2D eigenvalue weighted by Crippen LogP contribution is 2.26. The number of ether oxygens (including phenoxy) is 3. The summed E-state index contributed by atoms with van der Waals surface area (Å²) in [7, 11) is 0. The second-order valence-electron chi connectivity index (χ2n) is 17.0. The normalized spacial score (nSPS) is 21.1. The van der Waals surface area contributed by atoms with Gasteiger partial charge in [-0.3, -0.25) is 9.59 Å². The minimum Gasteiger partial charge on any atom is -0.454 e. The van der Waals surface area contributed by atoms with Crippen molar-refractivity contribution in [2.75, 3.05) is 13.2 Å². The average molecular weight is 948 g/mol. The number of hydrogen-bond donors (Lipinski definition) is 6. The standard InChI is InChI=1S/C57H89NO10/c1-4-7-10-13-16-19-22-25-26-27-30-33-36-39-42-45-52(62)68-55-54(64)53(63)51(46-59)67-57(55)66-47-48(49(60)43-40-37-34-31-28-23-20-17-14-11-8-5-2)58-56(65)50(61)44-41-38-35-32-29-24-21-18-15-12-9-6-3/h7,9-10,12-13,15-16,18-19,21-22,24-27,29-30,32,35,38,40,43,48-51,53-55,57,59-61,63-64H,4-6,8,11,14,17,20,23,28,31,33-34,36-37,39,41-42,44-47H2,1-3H3,(H,58,65)/b10-7+,12-9+,16-13+,18-15+,22-19-,24-21-,26-25-,30-27+,32-29-,38-35+,43-40+. The van der Waals surface area contributed by atoms with Gasteiger partial charge in [0, 0.05) is 6.42 Å². The van der Waals surface area contributed by atoms with Crippen molar-refractivity contribution in [1.29, 1.82) is 0 Å². The van der Waals surface area contributed by atoms with Crippen LogP contribution in [0.1, 0.15) is 149 Å². The first kappa shape index (κ1) is 61.8. The van der Waals surface area contributed by atoms with E-state index in [1.165, 1.54) is 44.9 Å². The number of carbonyl (C=O) groups is 2. The van der Waals surface area contributed by atoms with Crippen molar-refractivity contribution in [2.45, 2.75) is 198 Å². The molecule has 1 rings (SSSR count). The number of allylic oxidation sites excluding steroid dienone is 21. The maximum atomic E-state index is 13.3. The van der Waals surface area contributed by atoms with Crippen molar-refractivity contribution in [2.24, 2.45) is 0 Å². The molecule has 0 aromatic rings. The Kier molecular flexibility index (Phi) is 40.0. The van der Waals surface area contributed by atoms with E-state index in [-0.39, 0.29) is 19.4 Å². The van der Waals surface area contributed by atoms with Crippen LogP contribution in [0.2, 0.25) is 0 Å². The van der Waals surface area contributed by atoms with Gasteiger partial charge in [0.05, 0.1) is 25.4 Å². The Bertz CT molecular complexity index is 1600. The van der Waals surface area contributed by atoms with Crippen molar-refractivity contribution >= 4 is 11.9 Å². The van der Waals surface area contributed by atoms with Gasteiger partial charge in [0.25, 0.3) is 0 Å². The van der Waals surface area contributed by atoms with Gasteiger partial charge in [0.15, 0.2) is 12.4 Å². The average Bonchev–Trinajstić information content (AvgIpc) is 3.33. The summed E-state index contributed by atoms with van der Waals surface area (Å²) >= 11 is 0. The number of aliphatic hydroxyl groups excluding tert-OH is 5. The molecule has 68 heavy (non-hydrogen) atoms. The van der Waals surface area contributed by atoms with Gasteiger partial charge in [-0.15, -0.1) is 0 Å². The lowest BCUT2D eigenvalue weighted by atomic mass is 9.99. The third-order valence-corrected chi connectivity index (χ3v) is 11.1. The van der Waals surface area contributed by atoms with Crippen molar-refractivity contribution < 1.29 is 49.3 Å². The van der Waals surface area contributed by atoms with E-state index < -0.39 is 67.4 Å². The van der Waals surface area contributed by atoms with E-state index in [1.54, 1.807) is 6.08 Å². The van der Waals surface area contributed by atoms with Crippen LogP contribution in [-0.2, 0) is 23.8 Å². The van der Waals surface area contributed by atoms with Gasteiger partial charge < -0.3 is 45.1 Å². The highest BCUT2D eigenvalue weighted by molar-refractivity contribution is 5.80. The predicted octanol–water partition coefficient (Wildman–Crippen LogP) is 10.5. The molecule has 0 aromatic carbocycles. The fourth-order valence-electron chi connectivity index (χ4n) is 6.99. The summed E-state index contributed by atoms with van der Waals surface area (Å²) in [5, 5.41) is 56.4. The van der Waals surface area contributed by atoms with E-state index in [0.717, 1.165) is 57.8 Å². The van der Waals surface area contributed by atoms with Gasteiger partial charge >= 0.3 is 5.97 Å². The van der Waals surface area contributed by atoms with Gasteiger partial charge in [-0.05, 0) is 57.8 Å². The minimum absolute atomic E-state index is 0.0568.